The van der Waals surface area contributed by atoms with E-state index >= 15 is 0 Å². The SMILES string of the molecule is Cc1ccc2c(c1)c(C1(CN)CCOCC1)cn2C. The summed E-state index contributed by atoms with van der Waals surface area (Å²) in [6, 6.07) is 6.67. The van der Waals surface area contributed by atoms with E-state index in [1.54, 1.807) is 0 Å². The lowest BCUT2D eigenvalue weighted by Crippen LogP contribution is -2.40. The normalized spacial score (nSPS) is 18.9. The Bertz CT molecular complexity index is 594. The zero-order valence-corrected chi connectivity index (χ0v) is 11.8. The molecule has 0 radical (unpaired) electrons. The molecule has 2 N–H and O–H groups in total. The highest BCUT2D eigenvalue weighted by Gasteiger charge is 2.35. The summed E-state index contributed by atoms with van der Waals surface area (Å²) in [5.74, 6) is 0. The van der Waals surface area contributed by atoms with Crippen molar-refractivity contribution in [2.24, 2.45) is 12.8 Å². The molecule has 1 aliphatic heterocycles. The lowest BCUT2D eigenvalue weighted by Gasteiger charge is -2.36. The first-order valence-electron chi connectivity index (χ1n) is 7.00. The van der Waals surface area contributed by atoms with Crippen molar-refractivity contribution >= 4 is 10.9 Å². The highest BCUT2D eigenvalue weighted by molar-refractivity contribution is 5.85. The van der Waals surface area contributed by atoms with Crippen LogP contribution in [0.15, 0.2) is 24.4 Å². The summed E-state index contributed by atoms with van der Waals surface area (Å²) in [5, 5.41) is 1.36. The largest absolute Gasteiger partial charge is 0.381 e. The van der Waals surface area contributed by atoms with Crippen LogP contribution in [0.4, 0.5) is 0 Å². The molecule has 0 aliphatic carbocycles. The first-order chi connectivity index (χ1) is 9.16. The quantitative estimate of drug-likeness (QED) is 0.899. The molecule has 1 aromatic heterocycles. The molecule has 19 heavy (non-hydrogen) atoms. The summed E-state index contributed by atoms with van der Waals surface area (Å²) in [7, 11) is 2.12. The average molecular weight is 258 g/mol. The Hall–Kier alpha value is -1.32. The van der Waals surface area contributed by atoms with E-state index in [2.05, 4.69) is 42.9 Å². The van der Waals surface area contributed by atoms with Crippen molar-refractivity contribution in [3.05, 3.63) is 35.5 Å². The molecule has 2 aromatic rings. The van der Waals surface area contributed by atoms with Crippen molar-refractivity contribution in [3.8, 4) is 0 Å². The second kappa shape index (κ2) is 4.66. The van der Waals surface area contributed by atoms with Crippen LogP contribution in [0.25, 0.3) is 10.9 Å². The molecular formula is C16H22N2O. The van der Waals surface area contributed by atoms with Gasteiger partial charge in [-0.15, -0.1) is 0 Å². The van der Waals surface area contributed by atoms with E-state index in [9.17, 15) is 0 Å². The van der Waals surface area contributed by atoms with Gasteiger partial charge in [-0.05, 0) is 37.5 Å². The number of nitrogens with two attached hydrogens (primary N) is 1. The molecule has 102 valence electrons. The standard InChI is InChI=1S/C16H22N2O/c1-12-3-4-15-13(9-12)14(10-18(15)2)16(11-17)5-7-19-8-6-16/h3-4,9-10H,5-8,11,17H2,1-2H3. The summed E-state index contributed by atoms with van der Waals surface area (Å²) in [4.78, 5) is 0. The van der Waals surface area contributed by atoms with E-state index in [4.69, 9.17) is 10.5 Å². The Morgan fingerprint density at radius 3 is 2.74 bits per heavy atom. The molecule has 0 bridgehead atoms. The number of nitrogens with zero attached hydrogens (tertiary/aromatic N) is 1. The van der Waals surface area contributed by atoms with Gasteiger partial charge in [0.1, 0.15) is 0 Å². The molecule has 1 aliphatic rings. The Morgan fingerprint density at radius 2 is 2.05 bits per heavy atom. The molecule has 3 nitrogen and oxygen atoms in total. The average Bonchev–Trinajstić information content (AvgIpc) is 2.77. The number of benzene rings is 1. The van der Waals surface area contributed by atoms with Crippen LogP contribution in [0.1, 0.15) is 24.0 Å². The number of fused-ring (bicyclic) bond motifs is 1. The molecule has 0 amide bonds. The molecule has 3 rings (SSSR count). The monoisotopic (exact) mass is 258 g/mol. The van der Waals surface area contributed by atoms with Gasteiger partial charge in [0.05, 0.1) is 0 Å². The Balaban J connectivity index is 2.20. The topological polar surface area (TPSA) is 40.2 Å². The van der Waals surface area contributed by atoms with Crippen molar-refractivity contribution in [1.29, 1.82) is 0 Å². The fourth-order valence-electron chi connectivity index (χ4n) is 3.27. The number of hydrogen-bond donors (Lipinski definition) is 1. The van der Waals surface area contributed by atoms with E-state index in [0.29, 0.717) is 6.54 Å². The van der Waals surface area contributed by atoms with Crippen LogP contribution >= 0.6 is 0 Å². The van der Waals surface area contributed by atoms with Crippen molar-refractivity contribution in [3.63, 3.8) is 0 Å². The maximum Gasteiger partial charge on any atom is 0.0480 e. The second-order valence-corrected chi connectivity index (χ2v) is 5.77. The lowest BCUT2D eigenvalue weighted by atomic mass is 9.74. The van der Waals surface area contributed by atoms with Crippen LogP contribution in [0.2, 0.25) is 0 Å². The van der Waals surface area contributed by atoms with Crippen LogP contribution in [-0.4, -0.2) is 24.3 Å². The van der Waals surface area contributed by atoms with Gasteiger partial charge in [0.15, 0.2) is 0 Å². The third-order valence-corrected chi connectivity index (χ3v) is 4.56. The number of aryl methyl sites for hydroxylation is 2. The van der Waals surface area contributed by atoms with Gasteiger partial charge in [-0.2, -0.15) is 0 Å². The van der Waals surface area contributed by atoms with Gasteiger partial charge in [0, 0.05) is 49.3 Å². The van der Waals surface area contributed by atoms with Crippen molar-refractivity contribution in [2.45, 2.75) is 25.2 Å². The third-order valence-electron chi connectivity index (χ3n) is 4.56. The van der Waals surface area contributed by atoms with Crippen molar-refractivity contribution in [2.75, 3.05) is 19.8 Å². The van der Waals surface area contributed by atoms with Crippen LogP contribution < -0.4 is 5.73 Å². The van der Waals surface area contributed by atoms with E-state index in [1.165, 1.54) is 22.0 Å². The zero-order valence-electron chi connectivity index (χ0n) is 11.8. The van der Waals surface area contributed by atoms with Gasteiger partial charge < -0.3 is 15.0 Å². The fourth-order valence-corrected chi connectivity index (χ4v) is 3.27. The molecule has 3 heteroatoms. The number of aromatic nitrogens is 1. The van der Waals surface area contributed by atoms with Crippen LogP contribution in [-0.2, 0) is 17.2 Å². The molecule has 0 unspecified atom stereocenters. The van der Waals surface area contributed by atoms with Crippen molar-refractivity contribution in [1.82, 2.24) is 4.57 Å². The molecule has 0 saturated carbocycles. The fraction of sp³-hybridized carbons (Fsp3) is 0.500. The summed E-state index contributed by atoms with van der Waals surface area (Å²) in [5.41, 5.74) is 10.2. The summed E-state index contributed by atoms with van der Waals surface area (Å²) >= 11 is 0. The van der Waals surface area contributed by atoms with Crippen LogP contribution in [0, 0.1) is 6.92 Å². The third kappa shape index (κ3) is 1.97. The molecule has 1 aromatic carbocycles. The molecule has 1 fully saturated rings. The minimum atomic E-state index is 0.0888. The number of rotatable bonds is 2. The Morgan fingerprint density at radius 1 is 1.32 bits per heavy atom. The smallest absolute Gasteiger partial charge is 0.0480 e. The Kier molecular flexibility index (Phi) is 3.11. The predicted molar refractivity (Wildman–Crippen MR) is 78.4 cm³/mol. The highest BCUT2D eigenvalue weighted by Crippen LogP contribution is 2.38. The van der Waals surface area contributed by atoms with Crippen LogP contribution in [0.3, 0.4) is 0 Å². The van der Waals surface area contributed by atoms with Gasteiger partial charge in [-0.1, -0.05) is 11.6 Å². The minimum Gasteiger partial charge on any atom is -0.381 e. The van der Waals surface area contributed by atoms with E-state index in [0.717, 1.165) is 26.1 Å². The number of ether oxygens (including phenoxy) is 1. The van der Waals surface area contributed by atoms with Crippen LogP contribution in [0.5, 0.6) is 0 Å². The maximum atomic E-state index is 6.14. The Labute approximate surface area is 114 Å². The molecule has 0 spiro atoms. The first-order valence-corrected chi connectivity index (χ1v) is 7.00. The zero-order chi connectivity index (χ0) is 13.5. The predicted octanol–water partition coefficient (Wildman–Crippen LogP) is 2.49. The molecule has 2 heterocycles. The summed E-state index contributed by atoms with van der Waals surface area (Å²) in [6.07, 6.45) is 4.31. The molecular weight excluding hydrogens is 236 g/mol. The van der Waals surface area contributed by atoms with Crippen molar-refractivity contribution < 1.29 is 4.74 Å². The second-order valence-electron chi connectivity index (χ2n) is 5.77. The van der Waals surface area contributed by atoms with E-state index in [1.807, 2.05) is 0 Å². The van der Waals surface area contributed by atoms with Gasteiger partial charge in [-0.25, -0.2) is 0 Å². The van der Waals surface area contributed by atoms with Gasteiger partial charge in [0.2, 0.25) is 0 Å². The van der Waals surface area contributed by atoms with Gasteiger partial charge >= 0.3 is 0 Å². The minimum absolute atomic E-state index is 0.0888. The lowest BCUT2D eigenvalue weighted by molar-refractivity contribution is 0.0534. The van der Waals surface area contributed by atoms with Gasteiger partial charge in [-0.3, -0.25) is 0 Å². The van der Waals surface area contributed by atoms with E-state index in [-0.39, 0.29) is 5.41 Å². The van der Waals surface area contributed by atoms with Gasteiger partial charge in [0.25, 0.3) is 0 Å². The number of hydrogen-bond acceptors (Lipinski definition) is 2. The maximum absolute atomic E-state index is 6.14. The first kappa shape index (κ1) is 12.7. The van der Waals surface area contributed by atoms with E-state index < -0.39 is 0 Å². The molecule has 0 atom stereocenters. The molecule has 1 saturated heterocycles. The summed E-state index contributed by atoms with van der Waals surface area (Å²) in [6.45, 7) is 4.48. The highest BCUT2D eigenvalue weighted by atomic mass is 16.5. The summed E-state index contributed by atoms with van der Waals surface area (Å²) < 4.78 is 7.75.